The van der Waals surface area contributed by atoms with Crippen molar-refractivity contribution in [3.05, 3.63) is 59.7 Å². The first-order chi connectivity index (χ1) is 13.1. The van der Waals surface area contributed by atoms with Crippen LogP contribution in [-0.4, -0.2) is 28.3 Å². The molecule has 5 nitrogen and oxygen atoms in total. The summed E-state index contributed by atoms with van der Waals surface area (Å²) >= 11 is 0.338. The molecule has 1 amide bonds. The van der Waals surface area contributed by atoms with Crippen molar-refractivity contribution < 1.29 is 18.3 Å². The Morgan fingerprint density at radius 1 is 1.19 bits per heavy atom. The van der Waals surface area contributed by atoms with Gasteiger partial charge in [-0.2, -0.15) is 8.78 Å². The van der Waals surface area contributed by atoms with E-state index in [-0.39, 0.29) is 17.6 Å². The van der Waals surface area contributed by atoms with E-state index >= 15 is 0 Å². The van der Waals surface area contributed by atoms with E-state index in [1.165, 1.54) is 4.57 Å². The summed E-state index contributed by atoms with van der Waals surface area (Å²) < 4.78 is 32.4. The Bertz CT molecular complexity index is 930. The molecule has 1 aromatic heterocycles. The summed E-state index contributed by atoms with van der Waals surface area (Å²) in [6.07, 6.45) is 0. The maximum atomic E-state index is 12.9. The molecule has 0 saturated heterocycles. The zero-order valence-corrected chi connectivity index (χ0v) is 15.5. The number of hydrogen-bond donors (Lipinski definition) is 1. The molecule has 1 N–H and O–H groups in total. The molecule has 0 radical (unpaired) electrons. The number of para-hydroxylation sites is 2. The number of halogens is 2. The summed E-state index contributed by atoms with van der Waals surface area (Å²) in [5, 5.41) is 2.97. The van der Waals surface area contributed by atoms with Gasteiger partial charge in [0.1, 0.15) is 6.54 Å². The summed E-state index contributed by atoms with van der Waals surface area (Å²) in [5.74, 6) is -2.88. The second kappa shape index (κ2) is 8.96. The fourth-order valence-corrected chi connectivity index (χ4v) is 3.40. The third kappa shape index (κ3) is 4.84. The number of nitrogens with zero attached hydrogens (tertiary/aromatic N) is 2. The van der Waals surface area contributed by atoms with Crippen LogP contribution in [0.15, 0.2) is 53.7 Å². The van der Waals surface area contributed by atoms with Gasteiger partial charge in [0.05, 0.1) is 17.6 Å². The summed E-state index contributed by atoms with van der Waals surface area (Å²) in [5.41, 5.74) is 3.17. The van der Waals surface area contributed by atoms with Crippen molar-refractivity contribution in [2.24, 2.45) is 0 Å². The zero-order chi connectivity index (χ0) is 19.2. The number of methoxy groups -OCH3 is 1. The van der Waals surface area contributed by atoms with E-state index in [1.807, 2.05) is 24.3 Å². The molecule has 0 aliphatic heterocycles. The van der Waals surface area contributed by atoms with Gasteiger partial charge in [0.25, 0.3) is 5.76 Å². The summed E-state index contributed by atoms with van der Waals surface area (Å²) in [6.45, 7) is 0.706. The number of ether oxygens (including phenoxy) is 1. The Morgan fingerprint density at radius 2 is 1.89 bits per heavy atom. The first kappa shape index (κ1) is 19.3. The van der Waals surface area contributed by atoms with Crippen LogP contribution in [0.2, 0.25) is 0 Å². The standard InChI is InChI=1S/C19H19F2N3O2S/c1-26-12-14-7-3-2-6-13(14)10-22-17(25)11-24-16-9-5-4-8-15(16)23-19(24)27-18(20)21/h2-9,18H,10-12H2,1H3,(H,22,25). The fraction of sp³-hybridized carbons (Fsp3) is 0.263. The number of fused-ring (bicyclic) bond motifs is 1. The molecular formula is C19H19F2N3O2S. The molecule has 8 heteroatoms. The lowest BCUT2D eigenvalue weighted by molar-refractivity contribution is -0.121. The van der Waals surface area contributed by atoms with E-state index in [2.05, 4.69) is 10.3 Å². The van der Waals surface area contributed by atoms with Crippen LogP contribution in [0.5, 0.6) is 0 Å². The predicted octanol–water partition coefficient (Wildman–Crippen LogP) is 3.81. The smallest absolute Gasteiger partial charge is 0.291 e. The molecule has 1 heterocycles. The minimum absolute atomic E-state index is 0.0813. The second-order valence-electron chi connectivity index (χ2n) is 5.83. The minimum Gasteiger partial charge on any atom is -0.380 e. The number of hydrogen-bond acceptors (Lipinski definition) is 4. The second-order valence-corrected chi connectivity index (χ2v) is 6.78. The molecule has 0 atom stereocenters. The molecule has 0 aliphatic rings. The van der Waals surface area contributed by atoms with Crippen molar-refractivity contribution in [2.75, 3.05) is 7.11 Å². The molecule has 0 fully saturated rings. The fourth-order valence-electron chi connectivity index (χ4n) is 2.80. The summed E-state index contributed by atoms with van der Waals surface area (Å²) in [4.78, 5) is 16.7. The normalized spacial score (nSPS) is 11.3. The van der Waals surface area contributed by atoms with Gasteiger partial charge in [0.15, 0.2) is 5.16 Å². The van der Waals surface area contributed by atoms with Gasteiger partial charge in [-0.1, -0.05) is 36.4 Å². The van der Waals surface area contributed by atoms with Gasteiger partial charge in [-0.15, -0.1) is 0 Å². The number of nitrogens with one attached hydrogen (secondary N) is 1. The zero-order valence-electron chi connectivity index (χ0n) is 14.7. The third-order valence-corrected chi connectivity index (χ3v) is 4.71. The van der Waals surface area contributed by atoms with Crippen LogP contribution in [0.3, 0.4) is 0 Å². The SMILES string of the molecule is COCc1ccccc1CNC(=O)Cn1c(SC(F)F)nc2ccccc21. The Labute approximate surface area is 159 Å². The van der Waals surface area contributed by atoms with E-state index in [1.54, 1.807) is 31.4 Å². The summed E-state index contributed by atoms with van der Waals surface area (Å²) in [7, 11) is 1.61. The topological polar surface area (TPSA) is 56.1 Å². The number of carbonyl (C=O) groups is 1. The molecule has 0 saturated carbocycles. The number of alkyl halides is 2. The van der Waals surface area contributed by atoms with Crippen LogP contribution in [-0.2, 0) is 29.2 Å². The number of aromatic nitrogens is 2. The monoisotopic (exact) mass is 391 g/mol. The molecule has 0 unspecified atom stereocenters. The molecule has 3 aromatic rings. The van der Waals surface area contributed by atoms with Crippen molar-refractivity contribution >= 4 is 28.7 Å². The van der Waals surface area contributed by atoms with Crippen LogP contribution in [0.25, 0.3) is 11.0 Å². The molecule has 142 valence electrons. The highest BCUT2D eigenvalue weighted by molar-refractivity contribution is 7.99. The van der Waals surface area contributed by atoms with Crippen molar-refractivity contribution in [1.29, 1.82) is 0 Å². The average Bonchev–Trinajstić information content (AvgIpc) is 2.98. The lowest BCUT2D eigenvalue weighted by Crippen LogP contribution is -2.27. The molecule has 0 bridgehead atoms. The van der Waals surface area contributed by atoms with Crippen LogP contribution >= 0.6 is 11.8 Å². The van der Waals surface area contributed by atoms with Crippen molar-refractivity contribution in [3.8, 4) is 0 Å². The molecule has 0 spiro atoms. The molecule has 3 rings (SSSR count). The maximum Gasteiger partial charge on any atom is 0.291 e. The highest BCUT2D eigenvalue weighted by Gasteiger charge is 2.17. The average molecular weight is 391 g/mol. The molecule has 0 aliphatic carbocycles. The highest BCUT2D eigenvalue weighted by Crippen LogP contribution is 2.28. The lowest BCUT2D eigenvalue weighted by Gasteiger charge is -2.12. The third-order valence-electron chi connectivity index (χ3n) is 4.01. The van der Waals surface area contributed by atoms with Gasteiger partial charge >= 0.3 is 0 Å². The van der Waals surface area contributed by atoms with Crippen LogP contribution in [0, 0.1) is 0 Å². The van der Waals surface area contributed by atoms with Gasteiger partial charge in [-0.25, -0.2) is 4.98 Å². The first-order valence-electron chi connectivity index (χ1n) is 8.31. The predicted molar refractivity (Wildman–Crippen MR) is 101 cm³/mol. The maximum absolute atomic E-state index is 12.9. The lowest BCUT2D eigenvalue weighted by atomic mass is 10.1. The Morgan fingerprint density at radius 3 is 2.63 bits per heavy atom. The highest BCUT2D eigenvalue weighted by atomic mass is 32.2. The van der Waals surface area contributed by atoms with Gasteiger partial charge in [0.2, 0.25) is 5.91 Å². The van der Waals surface area contributed by atoms with Gasteiger partial charge < -0.3 is 14.6 Å². The van der Waals surface area contributed by atoms with Gasteiger partial charge in [-0.05, 0) is 35.0 Å². The number of thioether (sulfide) groups is 1. The molecule has 2 aromatic carbocycles. The Balaban J connectivity index is 1.74. The van der Waals surface area contributed by atoms with Gasteiger partial charge in [0, 0.05) is 13.7 Å². The summed E-state index contributed by atoms with van der Waals surface area (Å²) in [6, 6.07) is 14.7. The first-order valence-corrected chi connectivity index (χ1v) is 9.19. The van der Waals surface area contributed by atoms with Crippen molar-refractivity contribution in [1.82, 2.24) is 14.9 Å². The Kier molecular flexibility index (Phi) is 6.41. The van der Waals surface area contributed by atoms with E-state index in [0.29, 0.717) is 35.9 Å². The molecule has 27 heavy (non-hydrogen) atoms. The van der Waals surface area contributed by atoms with E-state index < -0.39 is 5.76 Å². The minimum atomic E-state index is -2.61. The number of imidazole rings is 1. The molecular weight excluding hydrogens is 372 g/mol. The van der Waals surface area contributed by atoms with E-state index in [0.717, 1.165) is 11.1 Å². The quantitative estimate of drug-likeness (QED) is 0.593. The number of benzene rings is 2. The van der Waals surface area contributed by atoms with Crippen LogP contribution < -0.4 is 5.32 Å². The van der Waals surface area contributed by atoms with Crippen molar-refractivity contribution in [3.63, 3.8) is 0 Å². The van der Waals surface area contributed by atoms with E-state index in [9.17, 15) is 13.6 Å². The number of rotatable bonds is 8. The number of amides is 1. The van der Waals surface area contributed by atoms with Crippen LogP contribution in [0.1, 0.15) is 11.1 Å². The van der Waals surface area contributed by atoms with Crippen molar-refractivity contribution in [2.45, 2.75) is 30.6 Å². The van der Waals surface area contributed by atoms with Crippen LogP contribution in [0.4, 0.5) is 8.78 Å². The van der Waals surface area contributed by atoms with E-state index in [4.69, 9.17) is 4.74 Å². The Hall–Kier alpha value is -2.45. The largest absolute Gasteiger partial charge is 0.380 e. The number of carbonyl (C=O) groups excluding carboxylic acids is 1. The van der Waals surface area contributed by atoms with Gasteiger partial charge in [-0.3, -0.25) is 4.79 Å².